The maximum Gasteiger partial charge on any atom is 0.322 e. The van der Waals surface area contributed by atoms with Gasteiger partial charge in [0.15, 0.2) is 6.61 Å². The molecule has 1 aromatic rings. The molecule has 18 heavy (non-hydrogen) atoms. The van der Waals surface area contributed by atoms with E-state index in [9.17, 15) is 14.4 Å². The molecule has 0 aliphatic carbocycles. The van der Waals surface area contributed by atoms with Gasteiger partial charge in [0.2, 0.25) is 0 Å². The quantitative estimate of drug-likeness (QED) is 0.622. The number of hydrogen-bond acceptors (Lipinski definition) is 4. The molecule has 1 rings (SSSR count). The number of hydrogen-bond donors (Lipinski definition) is 3. The summed E-state index contributed by atoms with van der Waals surface area (Å²) in [6.07, 6.45) is 0. The highest BCUT2D eigenvalue weighted by Gasteiger charge is 2.07. The number of benzene rings is 1. The summed E-state index contributed by atoms with van der Waals surface area (Å²) in [6, 6.07) is 5.87. The Kier molecular flexibility index (Phi) is 4.67. The van der Waals surface area contributed by atoms with Crippen molar-refractivity contribution < 1.29 is 24.2 Å². The summed E-state index contributed by atoms with van der Waals surface area (Å²) in [4.78, 5) is 32.2. The van der Waals surface area contributed by atoms with Crippen molar-refractivity contribution in [1.29, 1.82) is 0 Å². The molecule has 0 heterocycles. The lowest BCUT2D eigenvalue weighted by Gasteiger charge is -2.05. The van der Waals surface area contributed by atoms with E-state index in [-0.39, 0.29) is 6.61 Å². The van der Waals surface area contributed by atoms with Gasteiger partial charge in [-0.25, -0.2) is 0 Å². The lowest BCUT2D eigenvalue weighted by atomic mass is 10.2. The molecule has 0 aromatic heterocycles. The number of carbonyl (C=O) groups is 3. The molecule has 4 N–H and O–H groups in total. The largest absolute Gasteiger partial charge is 0.484 e. The van der Waals surface area contributed by atoms with E-state index in [1.165, 1.54) is 24.3 Å². The van der Waals surface area contributed by atoms with E-state index in [2.05, 4.69) is 5.32 Å². The van der Waals surface area contributed by atoms with Gasteiger partial charge in [-0.15, -0.1) is 0 Å². The average molecular weight is 252 g/mol. The summed E-state index contributed by atoms with van der Waals surface area (Å²) in [5, 5.41) is 10.6. The minimum absolute atomic E-state index is 0.245. The molecule has 1 aromatic carbocycles. The van der Waals surface area contributed by atoms with E-state index in [1.54, 1.807) is 0 Å². The number of nitrogens with one attached hydrogen (secondary N) is 1. The molecule has 0 aliphatic heterocycles. The fraction of sp³-hybridized carbons (Fsp3) is 0.182. The van der Waals surface area contributed by atoms with Gasteiger partial charge in [-0.1, -0.05) is 0 Å². The van der Waals surface area contributed by atoms with E-state index >= 15 is 0 Å². The molecule has 7 nitrogen and oxygen atoms in total. The highest BCUT2D eigenvalue weighted by atomic mass is 16.5. The van der Waals surface area contributed by atoms with Gasteiger partial charge in [-0.2, -0.15) is 0 Å². The summed E-state index contributed by atoms with van der Waals surface area (Å²) in [6.45, 7) is -0.691. The lowest BCUT2D eigenvalue weighted by Crippen LogP contribution is -2.29. The highest BCUT2D eigenvalue weighted by Crippen LogP contribution is 2.11. The van der Waals surface area contributed by atoms with Crippen molar-refractivity contribution >= 4 is 17.8 Å². The fourth-order valence-corrected chi connectivity index (χ4v) is 1.11. The number of rotatable bonds is 6. The zero-order chi connectivity index (χ0) is 13.5. The van der Waals surface area contributed by atoms with Crippen LogP contribution in [0.2, 0.25) is 0 Å². The van der Waals surface area contributed by atoms with Crippen LogP contribution >= 0.6 is 0 Å². The second-order valence-corrected chi connectivity index (χ2v) is 3.36. The molecular weight excluding hydrogens is 240 g/mol. The topological polar surface area (TPSA) is 119 Å². The first-order chi connectivity index (χ1) is 8.49. The third-order valence-electron chi connectivity index (χ3n) is 1.90. The molecule has 0 saturated heterocycles. The first kappa shape index (κ1) is 13.5. The molecule has 2 amide bonds. The molecule has 7 heteroatoms. The number of aliphatic carboxylic acids is 1. The van der Waals surface area contributed by atoms with Gasteiger partial charge < -0.3 is 20.9 Å². The smallest absolute Gasteiger partial charge is 0.322 e. The van der Waals surface area contributed by atoms with Gasteiger partial charge in [0.05, 0.1) is 0 Å². The normalized spacial score (nSPS) is 9.56. The minimum atomic E-state index is -1.12. The van der Waals surface area contributed by atoms with Gasteiger partial charge in [0.25, 0.3) is 11.8 Å². The van der Waals surface area contributed by atoms with Gasteiger partial charge in [0, 0.05) is 5.56 Å². The Hall–Kier alpha value is -2.57. The third-order valence-corrected chi connectivity index (χ3v) is 1.90. The molecule has 0 atom stereocenters. The number of carbonyl (C=O) groups excluding carboxylic acids is 2. The monoisotopic (exact) mass is 252 g/mol. The van der Waals surface area contributed by atoms with Crippen LogP contribution in [-0.4, -0.2) is 36.0 Å². The Balaban J connectivity index is 2.56. The second-order valence-electron chi connectivity index (χ2n) is 3.36. The van der Waals surface area contributed by atoms with Crippen LogP contribution in [0.1, 0.15) is 10.4 Å². The van der Waals surface area contributed by atoms with E-state index in [0.29, 0.717) is 11.3 Å². The summed E-state index contributed by atoms with van der Waals surface area (Å²) < 4.78 is 5.00. The van der Waals surface area contributed by atoms with Crippen LogP contribution in [0, 0.1) is 0 Å². The van der Waals surface area contributed by atoms with Crippen molar-refractivity contribution in [2.45, 2.75) is 0 Å². The molecule has 0 radical (unpaired) electrons. The van der Waals surface area contributed by atoms with Crippen molar-refractivity contribution in [1.82, 2.24) is 5.32 Å². The molecule has 0 spiro atoms. The number of carboxylic acid groups (broad SMARTS) is 1. The van der Waals surface area contributed by atoms with Crippen LogP contribution in [0.5, 0.6) is 5.75 Å². The zero-order valence-corrected chi connectivity index (χ0v) is 9.38. The van der Waals surface area contributed by atoms with E-state index in [0.717, 1.165) is 0 Å². The van der Waals surface area contributed by atoms with Crippen molar-refractivity contribution in [2.75, 3.05) is 13.2 Å². The van der Waals surface area contributed by atoms with Crippen LogP contribution in [0.25, 0.3) is 0 Å². The Labute approximate surface area is 103 Å². The van der Waals surface area contributed by atoms with Crippen LogP contribution < -0.4 is 15.8 Å². The van der Waals surface area contributed by atoms with Crippen LogP contribution in [0.4, 0.5) is 0 Å². The fourth-order valence-electron chi connectivity index (χ4n) is 1.11. The van der Waals surface area contributed by atoms with E-state index in [1.807, 2.05) is 0 Å². The summed E-state index contributed by atoms with van der Waals surface area (Å²) in [5.74, 6) is -1.83. The van der Waals surface area contributed by atoms with Crippen LogP contribution in [0.3, 0.4) is 0 Å². The van der Waals surface area contributed by atoms with Gasteiger partial charge in [-0.3, -0.25) is 14.4 Å². The zero-order valence-electron chi connectivity index (χ0n) is 9.38. The summed E-state index contributed by atoms with van der Waals surface area (Å²) in [5.41, 5.74) is 5.20. The Morgan fingerprint density at radius 3 is 2.33 bits per heavy atom. The highest BCUT2D eigenvalue weighted by molar-refractivity contribution is 5.95. The van der Waals surface area contributed by atoms with Crippen LogP contribution in [0.15, 0.2) is 24.3 Å². The Bertz CT molecular complexity index is 455. The maximum atomic E-state index is 11.4. The molecule has 0 aliphatic rings. The Morgan fingerprint density at radius 1 is 1.22 bits per heavy atom. The molecule has 0 saturated carbocycles. The summed E-state index contributed by atoms with van der Waals surface area (Å²) in [7, 11) is 0. The number of primary amides is 1. The second kappa shape index (κ2) is 6.24. The predicted octanol–water partition coefficient (Wildman–Crippen LogP) is -0.635. The van der Waals surface area contributed by atoms with Gasteiger partial charge >= 0.3 is 5.97 Å². The van der Waals surface area contributed by atoms with E-state index < -0.39 is 24.3 Å². The van der Waals surface area contributed by atoms with Crippen molar-refractivity contribution in [3.05, 3.63) is 29.8 Å². The van der Waals surface area contributed by atoms with Crippen molar-refractivity contribution in [3.8, 4) is 5.75 Å². The van der Waals surface area contributed by atoms with Gasteiger partial charge in [0.1, 0.15) is 12.3 Å². The number of amides is 2. The minimum Gasteiger partial charge on any atom is -0.484 e. The molecule has 0 bridgehead atoms. The van der Waals surface area contributed by atoms with Crippen molar-refractivity contribution in [3.63, 3.8) is 0 Å². The predicted molar refractivity (Wildman–Crippen MR) is 61.1 cm³/mol. The molecular formula is C11H12N2O5. The van der Waals surface area contributed by atoms with Crippen molar-refractivity contribution in [2.24, 2.45) is 5.73 Å². The van der Waals surface area contributed by atoms with Gasteiger partial charge in [-0.05, 0) is 24.3 Å². The molecule has 96 valence electrons. The summed E-state index contributed by atoms with van der Waals surface area (Å²) >= 11 is 0. The maximum absolute atomic E-state index is 11.4. The first-order valence-corrected chi connectivity index (χ1v) is 5.00. The lowest BCUT2D eigenvalue weighted by molar-refractivity contribution is -0.135. The van der Waals surface area contributed by atoms with Crippen LogP contribution in [-0.2, 0) is 9.59 Å². The SMILES string of the molecule is NC(=O)COc1ccc(C(=O)NCC(=O)O)cc1. The molecule has 0 unspecified atom stereocenters. The number of carboxylic acids is 1. The number of nitrogens with two attached hydrogens (primary N) is 1. The standard InChI is InChI=1S/C11H12N2O5/c12-9(14)6-18-8-3-1-7(2-4-8)11(17)13-5-10(15)16/h1-4H,5-6H2,(H2,12,14)(H,13,17)(H,15,16). The Morgan fingerprint density at radius 2 is 1.83 bits per heavy atom. The van der Waals surface area contributed by atoms with E-state index in [4.69, 9.17) is 15.6 Å². The third kappa shape index (κ3) is 4.52. The first-order valence-electron chi connectivity index (χ1n) is 5.00. The molecule has 0 fully saturated rings. The number of ether oxygens (including phenoxy) is 1. The average Bonchev–Trinajstić information content (AvgIpc) is 2.34.